The van der Waals surface area contributed by atoms with Gasteiger partial charge in [0.15, 0.2) is 5.78 Å². The van der Waals surface area contributed by atoms with E-state index in [2.05, 4.69) is 29.5 Å². The van der Waals surface area contributed by atoms with Gasteiger partial charge >= 0.3 is 0 Å². The molecule has 0 bridgehead atoms. The van der Waals surface area contributed by atoms with Gasteiger partial charge in [0.2, 0.25) is 0 Å². The number of hydrogen-bond acceptors (Lipinski definition) is 3. The second kappa shape index (κ2) is 6.81. The molecule has 1 unspecified atom stereocenters. The number of rotatable bonds is 5. The Bertz CT molecular complexity index is 198. The highest BCUT2D eigenvalue weighted by molar-refractivity contribution is 14.1. The lowest BCUT2D eigenvalue weighted by atomic mass is 9.95. The molecule has 88 valence electrons. The van der Waals surface area contributed by atoms with Crippen LogP contribution in [0, 0.1) is 0 Å². The van der Waals surface area contributed by atoms with Gasteiger partial charge in [-0.2, -0.15) is 0 Å². The van der Waals surface area contributed by atoms with Gasteiger partial charge in [-0.25, -0.2) is 0 Å². The molecule has 1 aliphatic rings. The molecule has 0 aromatic carbocycles. The number of carbonyl (C=O) groups is 1. The maximum atomic E-state index is 10.7. The molecular formula is C11H19IO3. The molecule has 0 spiro atoms. The van der Waals surface area contributed by atoms with Crippen molar-refractivity contribution >= 4 is 28.4 Å². The quantitative estimate of drug-likeness (QED) is 0.576. The minimum atomic E-state index is 0.106. The van der Waals surface area contributed by atoms with E-state index in [1.807, 2.05) is 0 Å². The average Bonchev–Trinajstić information content (AvgIpc) is 2.16. The zero-order valence-corrected chi connectivity index (χ0v) is 11.5. The van der Waals surface area contributed by atoms with Crippen molar-refractivity contribution in [3.63, 3.8) is 0 Å². The molecule has 1 fully saturated rings. The van der Waals surface area contributed by atoms with Crippen LogP contribution in [0.4, 0.5) is 0 Å². The van der Waals surface area contributed by atoms with Crippen molar-refractivity contribution in [3.05, 3.63) is 0 Å². The minimum absolute atomic E-state index is 0.106. The second-order valence-electron chi connectivity index (χ2n) is 4.09. The van der Waals surface area contributed by atoms with Gasteiger partial charge in [-0.1, -0.05) is 22.6 Å². The molecule has 0 heterocycles. The molecule has 0 aliphatic heterocycles. The molecule has 1 saturated carbocycles. The molecular weight excluding hydrogens is 307 g/mol. The summed E-state index contributed by atoms with van der Waals surface area (Å²) in [5.41, 5.74) is 0. The monoisotopic (exact) mass is 326 g/mol. The molecule has 1 rings (SSSR count). The summed E-state index contributed by atoms with van der Waals surface area (Å²) in [4.78, 5) is 10.7. The third-order valence-electron chi connectivity index (χ3n) is 2.52. The van der Waals surface area contributed by atoms with Gasteiger partial charge < -0.3 is 9.47 Å². The van der Waals surface area contributed by atoms with Gasteiger partial charge in [-0.15, -0.1) is 0 Å². The zero-order chi connectivity index (χ0) is 11.3. The zero-order valence-electron chi connectivity index (χ0n) is 9.37. The van der Waals surface area contributed by atoms with Crippen molar-refractivity contribution in [1.29, 1.82) is 0 Å². The van der Waals surface area contributed by atoms with Crippen LogP contribution in [0.5, 0.6) is 0 Å². The van der Waals surface area contributed by atoms with E-state index in [0.717, 1.165) is 25.7 Å². The summed E-state index contributed by atoms with van der Waals surface area (Å²) in [6.45, 7) is 3.88. The minimum Gasteiger partial charge on any atom is -0.370 e. The van der Waals surface area contributed by atoms with E-state index in [4.69, 9.17) is 9.47 Å². The van der Waals surface area contributed by atoms with Crippen LogP contribution in [0.2, 0.25) is 0 Å². The van der Waals surface area contributed by atoms with E-state index < -0.39 is 0 Å². The largest absolute Gasteiger partial charge is 0.370 e. The van der Waals surface area contributed by atoms with Crippen molar-refractivity contribution < 1.29 is 14.3 Å². The lowest BCUT2D eigenvalue weighted by molar-refractivity contribution is -0.124. The van der Waals surface area contributed by atoms with E-state index in [1.54, 1.807) is 6.92 Å². The van der Waals surface area contributed by atoms with Gasteiger partial charge in [0.1, 0.15) is 10.7 Å². The number of carbonyl (C=O) groups excluding carboxylic acids is 1. The van der Waals surface area contributed by atoms with Crippen molar-refractivity contribution in [2.45, 2.75) is 55.8 Å². The van der Waals surface area contributed by atoms with Crippen LogP contribution in [0.3, 0.4) is 0 Å². The predicted molar refractivity (Wildman–Crippen MR) is 67.2 cm³/mol. The van der Waals surface area contributed by atoms with Crippen LogP contribution in [0.1, 0.15) is 39.5 Å². The predicted octanol–water partition coefficient (Wildman–Crippen LogP) is 2.70. The number of ketones is 1. The summed E-state index contributed by atoms with van der Waals surface area (Å²) in [7, 11) is 0. The van der Waals surface area contributed by atoms with E-state index in [9.17, 15) is 4.79 Å². The first-order valence-electron chi connectivity index (χ1n) is 5.48. The first kappa shape index (κ1) is 13.4. The van der Waals surface area contributed by atoms with E-state index >= 15 is 0 Å². The van der Waals surface area contributed by atoms with Gasteiger partial charge in [-0.3, -0.25) is 4.79 Å². The number of halogens is 1. The molecule has 0 radical (unpaired) electrons. The fraction of sp³-hybridized carbons (Fsp3) is 0.909. The highest BCUT2D eigenvalue weighted by atomic mass is 127. The maximum Gasteiger partial charge on any atom is 0.155 e. The highest BCUT2D eigenvalue weighted by Crippen LogP contribution is 2.25. The molecule has 0 saturated heterocycles. The number of Topliss-reactive ketones (excluding diaryl/α,β-unsaturated/α-hetero) is 1. The third-order valence-corrected chi connectivity index (χ3v) is 2.82. The molecule has 1 aliphatic carbocycles. The molecule has 4 heteroatoms. The summed E-state index contributed by atoms with van der Waals surface area (Å²) in [6, 6.07) is 0. The fourth-order valence-electron chi connectivity index (χ4n) is 1.84. The van der Waals surface area contributed by atoms with Crippen LogP contribution >= 0.6 is 22.6 Å². The van der Waals surface area contributed by atoms with Gasteiger partial charge in [-0.05, 0) is 39.5 Å². The first-order valence-corrected chi connectivity index (χ1v) is 6.73. The van der Waals surface area contributed by atoms with Crippen molar-refractivity contribution in [2.24, 2.45) is 0 Å². The smallest absolute Gasteiger partial charge is 0.155 e. The van der Waals surface area contributed by atoms with E-state index in [-0.39, 0.29) is 22.6 Å². The second-order valence-corrected chi connectivity index (χ2v) is 5.84. The lowest BCUT2D eigenvalue weighted by Crippen LogP contribution is -2.28. The van der Waals surface area contributed by atoms with Crippen LogP contribution < -0.4 is 0 Å². The Hall–Kier alpha value is 0.320. The number of hydrogen-bond donors (Lipinski definition) is 0. The maximum absolute atomic E-state index is 10.7. The lowest BCUT2D eigenvalue weighted by Gasteiger charge is -2.29. The first-order chi connectivity index (χ1) is 7.08. The summed E-state index contributed by atoms with van der Waals surface area (Å²) in [5, 5.41) is 0. The van der Waals surface area contributed by atoms with Crippen LogP contribution in [0.25, 0.3) is 0 Å². The SMILES string of the molecule is CC(=O)COC1CCC(OC(C)I)CC1. The molecule has 15 heavy (non-hydrogen) atoms. The summed E-state index contributed by atoms with van der Waals surface area (Å²) in [5.74, 6) is 0.106. The van der Waals surface area contributed by atoms with Crippen molar-refractivity contribution in [3.8, 4) is 0 Å². The molecule has 1 atom stereocenters. The Morgan fingerprint density at radius 3 is 2.33 bits per heavy atom. The van der Waals surface area contributed by atoms with Crippen molar-refractivity contribution in [2.75, 3.05) is 6.61 Å². The highest BCUT2D eigenvalue weighted by Gasteiger charge is 2.23. The number of ether oxygens (including phenoxy) is 2. The topological polar surface area (TPSA) is 35.5 Å². The van der Waals surface area contributed by atoms with Gasteiger partial charge in [0.05, 0.1) is 12.2 Å². The Balaban J connectivity index is 2.15. The molecule has 3 nitrogen and oxygen atoms in total. The van der Waals surface area contributed by atoms with Crippen LogP contribution in [0.15, 0.2) is 0 Å². The standard InChI is InChI=1S/C11H19IO3/c1-8(13)7-14-10-3-5-11(6-4-10)15-9(2)12/h9-11H,3-7H2,1-2H3. The Labute approximate surface area is 105 Å². The van der Waals surface area contributed by atoms with E-state index in [0.29, 0.717) is 6.10 Å². The van der Waals surface area contributed by atoms with Gasteiger partial charge in [0, 0.05) is 0 Å². The Morgan fingerprint density at radius 1 is 1.33 bits per heavy atom. The number of alkyl halides is 1. The van der Waals surface area contributed by atoms with Crippen LogP contribution in [-0.2, 0) is 14.3 Å². The third kappa shape index (κ3) is 5.82. The average molecular weight is 326 g/mol. The van der Waals surface area contributed by atoms with Gasteiger partial charge in [0.25, 0.3) is 0 Å². The summed E-state index contributed by atoms with van der Waals surface area (Å²) < 4.78 is 11.5. The van der Waals surface area contributed by atoms with Crippen LogP contribution in [-0.4, -0.2) is 28.7 Å². The molecule has 0 aromatic heterocycles. The Morgan fingerprint density at radius 2 is 1.87 bits per heavy atom. The molecule has 0 aromatic rings. The Kier molecular flexibility index (Phi) is 6.07. The molecule has 0 N–H and O–H groups in total. The van der Waals surface area contributed by atoms with Crippen molar-refractivity contribution in [1.82, 2.24) is 0 Å². The fourth-order valence-corrected chi connectivity index (χ4v) is 2.25. The molecule has 0 amide bonds. The van der Waals surface area contributed by atoms with E-state index in [1.165, 1.54) is 0 Å². The normalized spacial score (nSPS) is 28.7. The summed E-state index contributed by atoms with van der Waals surface area (Å²) in [6.07, 6.45) is 4.78. The summed E-state index contributed by atoms with van der Waals surface area (Å²) >= 11 is 2.28.